The van der Waals surface area contributed by atoms with Crippen LogP contribution in [0.4, 0.5) is 14.5 Å². The number of carbonyl (C=O) groups excluding carboxylic acids is 1. The molecule has 0 bridgehead atoms. The van der Waals surface area contributed by atoms with Crippen LogP contribution in [0.1, 0.15) is 36.1 Å². The summed E-state index contributed by atoms with van der Waals surface area (Å²) in [5, 5.41) is 12.8. The number of anilines is 1. The summed E-state index contributed by atoms with van der Waals surface area (Å²) in [6.07, 6.45) is 0. The monoisotopic (exact) mass is 753 g/mol. The fraction of sp³-hybridized carbons (Fsp3) is 0.375. The van der Waals surface area contributed by atoms with Gasteiger partial charge in [-0.05, 0) is 49.2 Å². The first-order chi connectivity index (χ1) is 26.2. The van der Waals surface area contributed by atoms with Gasteiger partial charge >= 0.3 is 5.97 Å². The van der Waals surface area contributed by atoms with Gasteiger partial charge in [0.05, 0.1) is 32.1 Å². The van der Waals surface area contributed by atoms with E-state index in [1.165, 1.54) is 32.4 Å². The minimum atomic E-state index is -2.21. The van der Waals surface area contributed by atoms with Crippen LogP contribution in [0.2, 0.25) is 0 Å². The van der Waals surface area contributed by atoms with Crippen molar-refractivity contribution >= 4 is 11.7 Å². The molecule has 290 valence electrons. The summed E-state index contributed by atoms with van der Waals surface area (Å²) in [6.45, 7) is 5.24. The van der Waals surface area contributed by atoms with Crippen molar-refractivity contribution in [2.75, 3.05) is 78.8 Å². The molecule has 1 N–H and O–H groups in total. The van der Waals surface area contributed by atoms with E-state index in [-0.39, 0.29) is 78.8 Å². The number of rotatable bonds is 21. The molecule has 1 heterocycles. The molecule has 0 atom stereocenters. The summed E-state index contributed by atoms with van der Waals surface area (Å²) >= 11 is 0. The minimum absolute atomic E-state index is 0.0203. The van der Waals surface area contributed by atoms with Crippen molar-refractivity contribution in [2.45, 2.75) is 26.1 Å². The molecule has 4 aromatic rings. The second kappa shape index (κ2) is 19.4. The molecule has 0 aliphatic carbocycles. The lowest BCUT2D eigenvalue weighted by atomic mass is 9.77. The van der Waals surface area contributed by atoms with E-state index in [0.29, 0.717) is 32.0 Å². The Bertz CT molecular complexity index is 1770. The van der Waals surface area contributed by atoms with Crippen molar-refractivity contribution in [3.05, 3.63) is 107 Å². The van der Waals surface area contributed by atoms with Gasteiger partial charge in [0.15, 0.2) is 43.3 Å². The van der Waals surface area contributed by atoms with Gasteiger partial charge in [0, 0.05) is 50.6 Å². The van der Waals surface area contributed by atoms with E-state index >= 15 is 8.78 Å². The number of hydrogen-bond donors (Lipinski definition) is 1. The van der Waals surface area contributed by atoms with Crippen molar-refractivity contribution < 1.29 is 61.3 Å². The van der Waals surface area contributed by atoms with E-state index < -0.39 is 29.8 Å². The molecule has 0 saturated carbocycles. The number of nitrogens with zero attached hydrogens (tertiary/aromatic N) is 1. The molecular formula is C40H45F2NO11. The minimum Gasteiger partial charge on any atom is -0.480 e. The van der Waals surface area contributed by atoms with E-state index in [4.69, 9.17) is 42.6 Å². The maximum absolute atomic E-state index is 15.7. The molecule has 0 unspecified atom stereocenters. The summed E-state index contributed by atoms with van der Waals surface area (Å²) < 4.78 is 80.8. The zero-order chi connectivity index (χ0) is 38.5. The zero-order valence-electron chi connectivity index (χ0n) is 30.7. The lowest BCUT2D eigenvalue weighted by Crippen LogP contribution is -2.33. The number of aliphatic hydroxyl groups is 1. The average Bonchev–Trinajstić information content (AvgIpc) is 3.18. The second-order valence-corrected chi connectivity index (χ2v) is 12.0. The molecular weight excluding hydrogens is 708 g/mol. The van der Waals surface area contributed by atoms with Crippen LogP contribution in [-0.2, 0) is 40.7 Å². The Hall–Kier alpha value is -4.99. The van der Waals surface area contributed by atoms with Crippen molar-refractivity contribution in [1.82, 2.24) is 0 Å². The second-order valence-electron chi connectivity index (χ2n) is 12.0. The van der Waals surface area contributed by atoms with Crippen molar-refractivity contribution in [3.63, 3.8) is 0 Å². The third kappa shape index (κ3) is 9.56. The SMILES string of the molecule is CCN(CC)c1ccc(C2(O)c3cc(F)c(OCOCCOC)cc3Oc3cc(OCOCCOC)c(F)cc32)cc1OCC(=O)OCc1ccccc1. The summed E-state index contributed by atoms with van der Waals surface area (Å²) in [4.78, 5) is 14.8. The summed E-state index contributed by atoms with van der Waals surface area (Å²) in [7, 11) is 3.04. The van der Waals surface area contributed by atoms with E-state index in [2.05, 4.69) is 0 Å². The highest BCUT2D eigenvalue weighted by Gasteiger charge is 2.44. The maximum atomic E-state index is 15.7. The smallest absolute Gasteiger partial charge is 0.344 e. The Kier molecular flexibility index (Phi) is 14.4. The Morgan fingerprint density at radius 1 is 0.741 bits per heavy atom. The first-order valence-corrected chi connectivity index (χ1v) is 17.4. The number of ether oxygens (including phenoxy) is 9. The van der Waals surface area contributed by atoms with Gasteiger partial charge in [-0.2, -0.15) is 0 Å². The van der Waals surface area contributed by atoms with Crippen molar-refractivity contribution in [3.8, 4) is 28.7 Å². The van der Waals surface area contributed by atoms with E-state index in [9.17, 15) is 9.90 Å². The fourth-order valence-electron chi connectivity index (χ4n) is 5.81. The predicted molar refractivity (Wildman–Crippen MR) is 193 cm³/mol. The van der Waals surface area contributed by atoms with Crippen LogP contribution in [0.25, 0.3) is 0 Å². The Balaban J connectivity index is 1.54. The van der Waals surface area contributed by atoms with Crippen LogP contribution < -0.4 is 23.8 Å². The normalized spacial score (nSPS) is 12.6. The molecule has 0 fully saturated rings. The molecule has 5 rings (SSSR count). The van der Waals surface area contributed by atoms with Crippen LogP contribution in [0, 0.1) is 11.6 Å². The third-order valence-corrected chi connectivity index (χ3v) is 8.60. The molecule has 0 saturated heterocycles. The topological polar surface area (TPSA) is 124 Å². The van der Waals surface area contributed by atoms with Crippen molar-refractivity contribution in [1.29, 1.82) is 0 Å². The fourth-order valence-corrected chi connectivity index (χ4v) is 5.81. The van der Waals surface area contributed by atoms with Gasteiger partial charge in [-0.3, -0.25) is 0 Å². The Morgan fingerprint density at radius 3 is 1.85 bits per heavy atom. The summed E-state index contributed by atoms with van der Waals surface area (Å²) in [6, 6.07) is 18.8. The van der Waals surface area contributed by atoms with Gasteiger partial charge < -0.3 is 52.6 Å². The first-order valence-electron chi connectivity index (χ1n) is 17.4. The lowest BCUT2D eigenvalue weighted by molar-refractivity contribution is -0.147. The molecule has 4 aromatic carbocycles. The number of carbonyl (C=O) groups is 1. The standard InChI is InChI=1S/C40H45F2NO11/c1-5-43(6-2)33-13-12-28(18-38(33)50-24-39(44)51-23-27-10-8-7-9-11-27)40(45)29-19-31(41)36(52-25-48-16-14-46-3)21-34(29)54-35-22-37(32(42)20-30(35)40)53-26-49-17-15-47-4/h7-13,18-22,45H,5-6,14-17,23-26H2,1-4H3. The van der Waals surface area contributed by atoms with Gasteiger partial charge in [0.2, 0.25) is 0 Å². The molecule has 0 spiro atoms. The quantitative estimate of drug-likeness (QED) is 0.0582. The Labute approximate surface area is 313 Å². The zero-order valence-corrected chi connectivity index (χ0v) is 30.7. The highest BCUT2D eigenvalue weighted by Crippen LogP contribution is 2.53. The van der Waals surface area contributed by atoms with Gasteiger partial charge in [-0.1, -0.05) is 36.4 Å². The van der Waals surface area contributed by atoms with Crippen LogP contribution in [0.5, 0.6) is 28.7 Å². The van der Waals surface area contributed by atoms with Crippen molar-refractivity contribution in [2.24, 2.45) is 0 Å². The molecule has 0 radical (unpaired) electrons. The third-order valence-electron chi connectivity index (χ3n) is 8.60. The van der Waals surface area contributed by atoms with Gasteiger partial charge in [-0.25, -0.2) is 13.6 Å². The van der Waals surface area contributed by atoms with Gasteiger partial charge in [0.25, 0.3) is 0 Å². The highest BCUT2D eigenvalue weighted by molar-refractivity contribution is 5.72. The van der Waals surface area contributed by atoms with Crippen LogP contribution in [-0.4, -0.2) is 85.0 Å². The molecule has 12 nitrogen and oxygen atoms in total. The number of hydrogen-bond acceptors (Lipinski definition) is 12. The maximum Gasteiger partial charge on any atom is 0.344 e. The first kappa shape index (κ1) is 40.2. The molecule has 54 heavy (non-hydrogen) atoms. The Morgan fingerprint density at radius 2 is 1.31 bits per heavy atom. The van der Waals surface area contributed by atoms with Gasteiger partial charge in [0.1, 0.15) is 29.5 Å². The average molecular weight is 754 g/mol. The highest BCUT2D eigenvalue weighted by atomic mass is 19.1. The van der Waals surface area contributed by atoms with Crippen LogP contribution in [0.15, 0.2) is 72.8 Å². The number of esters is 1. The molecule has 0 aromatic heterocycles. The van der Waals surface area contributed by atoms with Crippen LogP contribution >= 0.6 is 0 Å². The largest absolute Gasteiger partial charge is 0.480 e. The molecule has 0 amide bonds. The number of methoxy groups -OCH3 is 2. The predicted octanol–water partition coefficient (Wildman–Crippen LogP) is 6.32. The number of halogens is 2. The van der Waals surface area contributed by atoms with E-state index in [1.807, 2.05) is 49.1 Å². The van der Waals surface area contributed by atoms with Crippen LogP contribution in [0.3, 0.4) is 0 Å². The lowest BCUT2D eigenvalue weighted by Gasteiger charge is -2.37. The molecule has 1 aliphatic rings. The van der Waals surface area contributed by atoms with E-state index in [1.54, 1.807) is 12.1 Å². The van der Waals surface area contributed by atoms with Gasteiger partial charge in [-0.15, -0.1) is 0 Å². The summed E-state index contributed by atoms with van der Waals surface area (Å²) in [5.41, 5.74) is -0.681. The van der Waals surface area contributed by atoms with E-state index in [0.717, 1.165) is 17.7 Å². The molecule has 14 heteroatoms. The number of fused-ring (bicyclic) bond motifs is 2. The summed E-state index contributed by atoms with van der Waals surface area (Å²) in [5.74, 6) is -2.43. The molecule has 1 aliphatic heterocycles. The number of benzene rings is 4.